The van der Waals surface area contributed by atoms with Crippen LogP contribution in [0.2, 0.25) is 19.6 Å². The molecule has 1 saturated heterocycles. The summed E-state index contributed by atoms with van der Waals surface area (Å²) in [6, 6.07) is 35.1. The summed E-state index contributed by atoms with van der Waals surface area (Å²) in [5.41, 5.74) is 1.06. The summed E-state index contributed by atoms with van der Waals surface area (Å²) >= 11 is 0. The highest BCUT2D eigenvalue weighted by molar-refractivity contribution is 7.96. The van der Waals surface area contributed by atoms with E-state index in [-0.39, 0.29) is 36.0 Å². The maximum atomic E-state index is 14.8. The van der Waals surface area contributed by atoms with E-state index in [0.717, 1.165) is 15.9 Å². The Morgan fingerprint density at radius 3 is 1.69 bits per heavy atom. The molecule has 0 bridgehead atoms. The van der Waals surface area contributed by atoms with Crippen molar-refractivity contribution in [2.75, 3.05) is 20.7 Å². The fourth-order valence-corrected chi connectivity index (χ4v) is 12.6. The molecule has 3 atom stereocenters. The molecule has 4 aromatic carbocycles. The third-order valence-electron chi connectivity index (χ3n) is 9.06. The molecule has 1 aliphatic rings. The van der Waals surface area contributed by atoms with E-state index in [1.807, 2.05) is 97.9 Å². The van der Waals surface area contributed by atoms with Crippen LogP contribution in [0, 0.1) is 5.92 Å². The number of ketones is 1. The van der Waals surface area contributed by atoms with Gasteiger partial charge < -0.3 is 19.0 Å². The van der Waals surface area contributed by atoms with Gasteiger partial charge in [-0.2, -0.15) is 0 Å². The third kappa shape index (κ3) is 7.82. The number of β-lactam (4-membered cyclic amide) rings is 1. The van der Waals surface area contributed by atoms with Gasteiger partial charge in [-0.3, -0.25) is 14.4 Å². The van der Waals surface area contributed by atoms with E-state index < -0.39 is 39.2 Å². The van der Waals surface area contributed by atoms with Crippen LogP contribution in [-0.2, 0) is 18.8 Å². The van der Waals surface area contributed by atoms with Crippen LogP contribution in [0.15, 0.2) is 128 Å². The normalized spacial score (nSPS) is 16.3. The van der Waals surface area contributed by atoms with Crippen molar-refractivity contribution < 1.29 is 28.3 Å². The zero-order valence-corrected chi connectivity index (χ0v) is 32.6. The monoisotopic (exact) mass is 734 g/mol. The van der Waals surface area contributed by atoms with Gasteiger partial charge in [-0.15, -0.1) is 0 Å². The van der Waals surface area contributed by atoms with Gasteiger partial charge in [0, 0.05) is 38.5 Å². The first-order valence-corrected chi connectivity index (χ1v) is 22.6. The van der Waals surface area contributed by atoms with Crippen molar-refractivity contribution in [2.45, 2.75) is 45.1 Å². The van der Waals surface area contributed by atoms with Crippen molar-refractivity contribution in [1.29, 1.82) is 0 Å². The maximum absolute atomic E-state index is 14.8. The summed E-state index contributed by atoms with van der Waals surface area (Å²) in [6.45, 7) is 8.58. The fraction of sp³-hybridized carbons (Fsp3) is 0.262. The highest BCUT2D eigenvalue weighted by Crippen LogP contribution is 2.50. The number of esters is 1. The van der Waals surface area contributed by atoms with Gasteiger partial charge >= 0.3 is 5.97 Å². The van der Waals surface area contributed by atoms with E-state index in [4.69, 9.17) is 9.16 Å². The fourth-order valence-electron chi connectivity index (χ4n) is 6.92. The van der Waals surface area contributed by atoms with Crippen molar-refractivity contribution in [3.8, 4) is 0 Å². The van der Waals surface area contributed by atoms with Crippen LogP contribution in [-0.4, -0.2) is 79.9 Å². The first-order valence-electron chi connectivity index (χ1n) is 17.4. The van der Waals surface area contributed by atoms with Crippen molar-refractivity contribution in [3.63, 3.8) is 0 Å². The van der Waals surface area contributed by atoms with Gasteiger partial charge in [-0.05, 0) is 54.6 Å². The Balaban J connectivity index is 1.79. The Morgan fingerprint density at radius 2 is 1.27 bits per heavy atom. The van der Waals surface area contributed by atoms with Crippen molar-refractivity contribution >= 4 is 60.1 Å². The molecule has 0 unspecified atom stereocenters. The zero-order chi connectivity index (χ0) is 37.6. The van der Waals surface area contributed by atoms with Crippen molar-refractivity contribution in [1.82, 2.24) is 9.80 Å². The minimum atomic E-state index is -3.17. The van der Waals surface area contributed by atoms with Crippen molar-refractivity contribution in [2.24, 2.45) is 5.92 Å². The number of carbonyl (C=O) groups is 4. The van der Waals surface area contributed by atoms with E-state index >= 15 is 0 Å². The van der Waals surface area contributed by atoms with Crippen molar-refractivity contribution in [3.05, 3.63) is 139 Å². The van der Waals surface area contributed by atoms with Crippen LogP contribution in [0.5, 0.6) is 0 Å². The van der Waals surface area contributed by atoms with E-state index in [0.29, 0.717) is 11.1 Å². The molecule has 2 amide bonds. The molecule has 0 saturated carbocycles. The van der Waals surface area contributed by atoms with Crippen LogP contribution in [0.1, 0.15) is 34.1 Å². The second-order valence-electron chi connectivity index (χ2n) is 14.0. The second-order valence-corrected chi connectivity index (χ2v) is 21.8. The molecule has 8 nitrogen and oxygen atoms in total. The van der Waals surface area contributed by atoms with Gasteiger partial charge in [0.2, 0.25) is 5.91 Å². The number of ether oxygens (including phenoxy) is 1. The Morgan fingerprint density at radius 1 is 0.808 bits per heavy atom. The number of carbonyl (C=O) groups excluding carboxylic acids is 4. The number of hydrogen-bond acceptors (Lipinski definition) is 6. The van der Waals surface area contributed by atoms with E-state index in [2.05, 4.69) is 26.2 Å². The van der Waals surface area contributed by atoms with Gasteiger partial charge in [-0.25, -0.2) is 4.79 Å². The van der Waals surface area contributed by atoms with E-state index in [1.54, 1.807) is 43.3 Å². The Hall–Kier alpha value is -4.82. The van der Waals surface area contributed by atoms with Gasteiger partial charge in [0.15, 0.2) is 14.1 Å². The molecule has 1 heterocycles. The third-order valence-corrected chi connectivity index (χ3v) is 14.4. The number of amides is 2. The first kappa shape index (κ1) is 38.4. The highest BCUT2D eigenvalue weighted by Gasteiger charge is 2.56. The van der Waals surface area contributed by atoms with Crippen LogP contribution in [0.4, 0.5) is 0 Å². The molecule has 52 heavy (non-hydrogen) atoms. The molecule has 1 fully saturated rings. The summed E-state index contributed by atoms with van der Waals surface area (Å²) < 4.78 is 12.4. The quantitative estimate of drug-likeness (QED) is 0.0402. The molecule has 1 aliphatic heterocycles. The van der Waals surface area contributed by atoms with Gasteiger partial charge in [0.05, 0.1) is 18.1 Å². The zero-order valence-electron chi connectivity index (χ0n) is 30.7. The van der Waals surface area contributed by atoms with Gasteiger partial charge in [0.1, 0.15) is 12.0 Å². The number of benzene rings is 4. The minimum absolute atomic E-state index is 0.0666. The Labute approximate surface area is 308 Å². The summed E-state index contributed by atoms with van der Waals surface area (Å²) in [6.07, 6.45) is 0.907. The lowest BCUT2D eigenvalue weighted by atomic mass is 9.79. The second kappa shape index (κ2) is 16.2. The number of rotatable bonds is 14. The maximum Gasteiger partial charge on any atom is 0.356 e. The highest BCUT2D eigenvalue weighted by atomic mass is 31.2. The molecule has 5 rings (SSSR count). The first-order chi connectivity index (χ1) is 24.8. The van der Waals surface area contributed by atoms with Gasteiger partial charge in [0.25, 0.3) is 5.91 Å². The number of likely N-dealkylation sites (tertiary alicyclic amines) is 1. The average Bonchev–Trinajstić information content (AvgIpc) is 3.13. The lowest BCUT2D eigenvalue weighted by Gasteiger charge is -2.52. The lowest BCUT2D eigenvalue weighted by molar-refractivity contribution is -0.156. The van der Waals surface area contributed by atoms with Gasteiger partial charge in [-0.1, -0.05) is 116 Å². The molecule has 0 radical (unpaired) electrons. The molecule has 10 heteroatoms. The average molecular weight is 735 g/mol. The van der Waals surface area contributed by atoms with Crippen LogP contribution >= 0.6 is 6.89 Å². The van der Waals surface area contributed by atoms with E-state index in [1.165, 1.54) is 11.0 Å². The Kier molecular flexibility index (Phi) is 12.0. The number of nitrogens with zero attached hydrogens (tertiary/aromatic N) is 2. The topological polar surface area (TPSA) is 93.2 Å². The standard InChI is InChI=1S/C42H47N2O6PSi/c1-8-28-49-42(48)41(51(33-18-12-9-13-19-33,34-20-14-10-15-21-34)35-22-16-11-17-23-35)44-36(38(40(44)47)30(2)50-52(5,6)7)29-37(45)31-24-26-32(27-25-31)39(46)43(3)4/h8-27,30,36,38H,1,28-29H2,2-7H3/t30-,36-,38-/m1/s1. The summed E-state index contributed by atoms with van der Waals surface area (Å²) in [4.78, 5) is 59.4. The number of Topliss-reactive ketones (excluding diaryl/α,β-unsaturated/α-hetero) is 1. The Bertz CT molecular complexity index is 1870. The molecular formula is C42H47N2O6PSi. The summed E-state index contributed by atoms with van der Waals surface area (Å²) in [5, 5.41) is 2.56. The summed E-state index contributed by atoms with van der Waals surface area (Å²) in [5.74, 6) is -2.05. The van der Waals surface area contributed by atoms with Crippen LogP contribution in [0.25, 0.3) is 0 Å². The molecule has 0 aliphatic carbocycles. The molecular weight excluding hydrogens is 688 g/mol. The largest absolute Gasteiger partial charge is 0.457 e. The SMILES string of the molecule is C=CCOC(=O)C(N1C(=O)[C@H]([C@@H](C)O[Si](C)(C)C)[C@H]1CC(=O)c1ccc(C(=O)N(C)C)cc1)=P(c1ccccc1)(c1ccccc1)c1ccccc1. The molecule has 270 valence electrons. The molecule has 0 spiro atoms. The minimum Gasteiger partial charge on any atom is -0.457 e. The number of hydrogen-bond donors (Lipinski definition) is 0. The smallest absolute Gasteiger partial charge is 0.356 e. The van der Waals surface area contributed by atoms with Crippen LogP contribution < -0.4 is 15.9 Å². The predicted molar refractivity (Wildman–Crippen MR) is 213 cm³/mol. The molecule has 0 aromatic heterocycles. The molecule has 4 aromatic rings. The van der Waals surface area contributed by atoms with Crippen LogP contribution in [0.3, 0.4) is 0 Å². The summed E-state index contributed by atoms with van der Waals surface area (Å²) in [7, 11) is 1.21. The molecule has 0 N–H and O–H groups in total. The van der Waals surface area contributed by atoms with E-state index in [9.17, 15) is 19.2 Å². The predicted octanol–water partition coefficient (Wildman–Crippen LogP) is 5.88. The lowest BCUT2D eigenvalue weighted by Crippen LogP contribution is -2.69.